The highest BCUT2D eigenvalue weighted by atomic mass is 32.2. The summed E-state index contributed by atoms with van der Waals surface area (Å²) in [5.41, 5.74) is 0.831. The fourth-order valence-electron chi connectivity index (χ4n) is 3.00. The maximum Gasteiger partial charge on any atom is 0.274 e. The second-order valence-corrected chi connectivity index (χ2v) is 7.74. The van der Waals surface area contributed by atoms with Gasteiger partial charge in [-0.2, -0.15) is 8.42 Å². The van der Waals surface area contributed by atoms with Crippen LogP contribution >= 0.6 is 0 Å². The molecule has 0 aliphatic carbocycles. The van der Waals surface area contributed by atoms with Gasteiger partial charge in [-0.25, -0.2) is 9.86 Å². The van der Waals surface area contributed by atoms with Crippen molar-refractivity contribution in [3.05, 3.63) is 29.8 Å². The Kier molecular flexibility index (Phi) is 7.64. The number of carbonyl (C=O) groups is 1. The van der Waals surface area contributed by atoms with Crippen LogP contribution in [0.1, 0.15) is 25.3 Å². The third-order valence-corrected chi connectivity index (χ3v) is 4.88. The van der Waals surface area contributed by atoms with E-state index in [0.29, 0.717) is 31.2 Å². The molecule has 0 saturated carbocycles. The van der Waals surface area contributed by atoms with Crippen LogP contribution < -0.4 is 19.3 Å². The lowest BCUT2D eigenvalue weighted by atomic mass is 9.98. The summed E-state index contributed by atoms with van der Waals surface area (Å²) in [7, 11) is -2.13. The molecule has 1 saturated heterocycles. The predicted octanol–water partition coefficient (Wildman–Crippen LogP) is 1.14. The summed E-state index contributed by atoms with van der Waals surface area (Å²) in [5.74, 6) is 1.22. The monoisotopic (exact) mass is 397 g/mol. The van der Waals surface area contributed by atoms with E-state index in [1.807, 2.05) is 19.1 Å². The van der Waals surface area contributed by atoms with E-state index in [1.54, 1.807) is 24.2 Å². The largest absolute Gasteiger partial charge is 0.493 e. The average molecular weight is 397 g/mol. The lowest BCUT2D eigenvalue weighted by molar-refractivity contribution is -0.127. The highest BCUT2D eigenvalue weighted by Gasteiger charge is 2.23. The van der Waals surface area contributed by atoms with Crippen molar-refractivity contribution < 1.29 is 22.7 Å². The van der Waals surface area contributed by atoms with Gasteiger partial charge >= 0.3 is 0 Å². The van der Waals surface area contributed by atoms with Crippen LogP contribution in [0.5, 0.6) is 11.5 Å². The first-order valence-electron chi connectivity index (χ1n) is 8.87. The fourth-order valence-corrected chi connectivity index (χ4v) is 3.47. The lowest BCUT2D eigenvalue weighted by Crippen LogP contribution is -2.44. The van der Waals surface area contributed by atoms with Crippen LogP contribution in [0.4, 0.5) is 0 Å². The number of rotatable bonds is 8. The first-order chi connectivity index (χ1) is 12.8. The first-order valence-corrected chi connectivity index (χ1v) is 10.4. The SMILES string of the molecule is CCOc1cc(/C=C/C(=O)N2CCC[C@H](CNS(N)(=O)=O)C2)ccc1OC. The van der Waals surface area contributed by atoms with Gasteiger partial charge in [0.2, 0.25) is 5.91 Å². The van der Waals surface area contributed by atoms with E-state index in [9.17, 15) is 13.2 Å². The van der Waals surface area contributed by atoms with E-state index >= 15 is 0 Å². The van der Waals surface area contributed by atoms with Crippen LogP contribution in [0.25, 0.3) is 6.08 Å². The zero-order valence-corrected chi connectivity index (χ0v) is 16.5. The number of nitrogens with one attached hydrogen (secondary N) is 1. The second kappa shape index (κ2) is 9.72. The Morgan fingerprint density at radius 2 is 2.19 bits per heavy atom. The first kappa shape index (κ1) is 21.2. The van der Waals surface area contributed by atoms with Gasteiger partial charge < -0.3 is 14.4 Å². The molecule has 1 aromatic rings. The maximum atomic E-state index is 12.5. The zero-order chi connectivity index (χ0) is 19.9. The van der Waals surface area contributed by atoms with Gasteiger partial charge in [-0.3, -0.25) is 4.79 Å². The Balaban J connectivity index is 1.98. The van der Waals surface area contributed by atoms with Gasteiger partial charge in [0.1, 0.15) is 0 Å². The minimum Gasteiger partial charge on any atom is -0.493 e. The Hall–Kier alpha value is -2.10. The van der Waals surface area contributed by atoms with E-state index in [2.05, 4.69) is 4.72 Å². The van der Waals surface area contributed by atoms with Crippen LogP contribution in [-0.2, 0) is 15.0 Å². The molecule has 9 heteroatoms. The molecule has 0 bridgehead atoms. The molecule has 1 aromatic carbocycles. The predicted molar refractivity (Wildman–Crippen MR) is 104 cm³/mol. The Labute approximate surface area is 160 Å². The van der Waals surface area contributed by atoms with Crippen molar-refractivity contribution in [3.63, 3.8) is 0 Å². The van der Waals surface area contributed by atoms with Crippen molar-refractivity contribution in [1.29, 1.82) is 0 Å². The normalized spacial score (nSPS) is 17.9. The summed E-state index contributed by atoms with van der Waals surface area (Å²) in [4.78, 5) is 14.2. The lowest BCUT2D eigenvalue weighted by Gasteiger charge is -2.32. The number of ether oxygens (including phenoxy) is 2. The molecule has 0 spiro atoms. The average Bonchev–Trinajstić information content (AvgIpc) is 2.64. The van der Waals surface area contributed by atoms with Gasteiger partial charge in [0, 0.05) is 25.7 Å². The minimum absolute atomic E-state index is 0.0555. The summed E-state index contributed by atoms with van der Waals surface area (Å²) < 4.78 is 35.1. The molecule has 0 radical (unpaired) electrons. The van der Waals surface area contributed by atoms with Crippen molar-refractivity contribution in [2.24, 2.45) is 11.1 Å². The number of hydrogen-bond acceptors (Lipinski definition) is 5. The zero-order valence-electron chi connectivity index (χ0n) is 15.7. The third kappa shape index (κ3) is 6.85. The van der Waals surface area contributed by atoms with Crippen LogP contribution in [0.15, 0.2) is 24.3 Å². The Bertz CT molecular complexity index is 779. The van der Waals surface area contributed by atoms with Crippen LogP contribution in [0.2, 0.25) is 0 Å². The summed E-state index contributed by atoms with van der Waals surface area (Å²) >= 11 is 0. The van der Waals surface area contributed by atoms with Crippen molar-refractivity contribution in [2.75, 3.05) is 33.4 Å². The summed E-state index contributed by atoms with van der Waals surface area (Å²) in [5, 5.41) is 4.96. The smallest absolute Gasteiger partial charge is 0.274 e. The fraction of sp³-hybridized carbons (Fsp3) is 0.500. The number of nitrogens with zero attached hydrogens (tertiary/aromatic N) is 1. The molecule has 1 atom stereocenters. The summed E-state index contributed by atoms with van der Waals surface area (Å²) in [6.07, 6.45) is 4.93. The summed E-state index contributed by atoms with van der Waals surface area (Å²) in [6.45, 7) is 3.80. The summed E-state index contributed by atoms with van der Waals surface area (Å²) in [6, 6.07) is 5.46. The second-order valence-electron chi connectivity index (χ2n) is 6.36. The van der Waals surface area contributed by atoms with Gasteiger partial charge in [-0.1, -0.05) is 6.07 Å². The number of likely N-dealkylation sites (tertiary alicyclic amines) is 1. The molecule has 27 heavy (non-hydrogen) atoms. The van der Waals surface area contributed by atoms with Crippen molar-refractivity contribution in [3.8, 4) is 11.5 Å². The minimum atomic E-state index is -3.71. The van der Waals surface area contributed by atoms with Crippen LogP contribution in [0, 0.1) is 5.92 Å². The number of carbonyl (C=O) groups excluding carboxylic acids is 1. The molecule has 1 heterocycles. The molecule has 8 nitrogen and oxygen atoms in total. The van der Waals surface area contributed by atoms with Crippen molar-refractivity contribution in [2.45, 2.75) is 19.8 Å². The van der Waals surface area contributed by atoms with Gasteiger partial charge in [-0.05, 0) is 49.5 Å². The van der Waals surface area contributed by atoms with E-state index in [0.717, 1.165) is 18.4 Å². The highest BCUT2D eigenvalue weighted by Crippen LogP contribution is 2.28. The molecule has 3 N–H and O–H groups in total. The molecular formula is C18H27N3O5S. The van der Waals surface area contributed by atoms with Crippen LogP contribution in [-0.4, -0.2) is 52.6 Å². The molecule has 1 amide bonds. The van der Waals surface area contributed by atoms with E-state index in [4.69, 9.17) is 14.6 Å². The number of piperidine rings is 1. The molecule has 0 unspecified atom stereocenters. The molecule has 1 aliphatic rings. The van der Waals surface area contributed by atoms with E-state index in [1.165, 1.54) is 6.08 Å². The van der Waals surface area contributed by atoms with E-state index in [-0.39, 0.29) is 18.4 Å². The topological polar surface area (TPSA) is 111 Å². The molecular weight excluding hydrogens is 370 g/mol. The number of nitrogens with two attached hydrogens (primary N) is 1. The number of benzene rings is 1. The van der Waals surface area contributed by atoms with Crippen molar-refractivity contribution >= 4 is 22.2 Å². The number of hydrogen-bond donors (Lipinski definition) is 2. The molecule has 150 valence electrons. The van der Waals surface area contributed by atoms with Gasteiger partial charge in [0.05, 0.1) is 13.7 Å². The standard InChI is InChI=1S/C18H27N3O5S/c1-3-26-17-11-14(6-8-16(17)25-2)7-9-18(22)21-10-4-5-15(13-21)12-20-27(19,23)24/h6-9,11,15,20H,3-5,10,12-13H2,1-2H3,(H2,19,23,24)/b9-7+/t15-/m1/s1. The van der Waals surface area contributed by atoms with E-state index < -0.39 is 10.2 Å². The van der Waals surface area contributed by atoms with Gasteiger partial charge in [0.15, 0.2) is 11.5 Å². The van der Waals surface area contributed by atoms with Gasteiger partial charge in [0.25, 0.3) is 10.2 Å². The molecule has 1 fully saturated rings. The Morgan fingerprint density at radius 1 is 1.41 bits per heavy atom. The number of amides is 1. The Morgan fingerprint density at radius 3 is 2.85 bits per heavy atom. The third-order valence-electron chi connectivity index (χ3n) is 4.31. The molecule has 2 rings (SSSR count). The maximum absolute atomic E-state index is 12.5. The van der Waals surface area contributed by atoms with Crippen molar-refractivity contribution in [1.82, 2.24) is 9.62 Å². The van der Waals surface area contributed by atoms with Crippen LogP contribution in [0.3, 0.4) is 0 Å². The molecule has 1 aliphatic heterocycles. The van der Waals surface area contributed by atoms with Gasteiger partial charge in [-0.15, -0.1) is 0 Å². The quantitative estimate of drug-likeness (QED) is 0.639. The molecule has 0 aromatic heterocycles. The highest BCUT2D eigenvalue weighted by molar-refractivity contribution is 7.87. The number of methoxy groups -OCH3 is 1.